The van der Waals surface area contributed by atoms with Crippen LogP contribution in [0.25, 0.3) is 11.1 Å². The van der Waals surface area contributed by atoms with Crippen LogP contribution in [-0.4, -0.2) is 14.2 Å². The quantitative estimate of drug-likeness (QED) is 0.942. The first-order chi connectivity index (χ1) is 10.0. The van der Waals surface area contributed by atoms with Crippen molar-refractivity contribution < 1.29 is 22.6 Å². The summed E-state index contributed by atoms with van der Waals surface area (Å²) in [4.78, 5) is 0. The molecule has 2 aromatic rings. The second-order valence-electron chi connectivity index (χ2n) is 4.31. The molecule has 0 aliphatic rings. The predicted molar refractivity (Wildman–Crippen MR) is 72.7 cm³/mol. The van der Waals surface area contributed by atoms with E-state index in [1.54, 1.807) is 0 Å². The van der Waals surface area contributed by atoms with Crippen molar-refractivity contribution in [2.24, 2.45) is 5.73 Å². The van der Waals surface area contributed by atoms with Crippen molar-refractivity contribution in [2.45, 2.75) is 6.54 Å². The Labute approximate surface area is 120 Å². The molecule has 0 aliphatic heterocycles. The first-order valence-electron chi connectivity index (χ1n) is 6.11. The lowest BCUT2D eigenvalue weighted by atomic mass is 9.97. The maximum Gasteiger partial charge on any atom is 0.161 e. The summed E-state index contributed by atoms with van der Waals surface area (Å²) in [5.41, 5.74) is 5.92. The second-order valence-corrected chi connectivity index (χ2v) is 4.31. The lowest BCUT2D eigenvalue weighted by Crippen LogP contribution is -2.04. The van der Waals surface area contributed by atoms with E-state index in [1.807, 2.05) is 0 Å². The molecule has 0 saturated heterocycles. The van der Waals surface area contributed by atoms with Gasteiger partial charge in [0.25, 0.3) is 0 Å². The van der Waals surface area contributed by atoms with Crippen LogP contribution in [0.15, 0.2) is 24.3 Å². The van der Waals surface area contributed by atoms with Crippen LogP contribution in [-0.2, 0) is 6.54 Å². The Morgan fingerprint density at radius 1 is 0.905 bits per heavy atom. The first kappa shape index (κ1) is 15.2. The van der Waals surface area contributed by atoms with Gasteiger partial charge >= 0.3 is 0 Å². The highest BCUT2D eigenvalue weighted by molar-refractivity contribution is 5.72. The minimum atomic E-state index is -1.01. The molecule has 0 radical (unpaired) electrons. The number of ether oxygens (including phenoxy) is 2. The Morgan fingerprint density at radius 3 is 1.90 bits per heavy atom. The summed E-state index contributed by atoms with van der Waals surface area (Å²) in [5, 5.41) is 0. The monoisotopic (exact) mass is 297 g/mol. The molecular weight excluding hydrogens is 283 g/mol. The molecule has 6 heteroatoms. The Bertz CT molecular complexity index is 651. The molecule has 0 saturated carbocycles. The van der Waals surface area contributed by atoms with Gasteiger partial charge in [-0.15, -0.1) is 0 Å². The van der Waals surface area contributed by atoms with Crippen LogP contribution in [0, 0.1) is 17.5 Å². The molecule has 0 spiro atoms. The zero-order valence-corrected chi connectivity index (χ0v) is 11.5. The van der Waals surface area contributed by atoms with Crippen molar-refractivity contribution in [1.82, 2.24) is 0 Å². The van der Waals surface area contributed by atoms with Gasteiger partial charge in [0, 0.05) is 18.7 Å². The Hall–Kier alpha value is -2.21. The van der Waals surface area contributed by atoms with Crippen molar-refractivity contribution in [2.75, 3.05) is 14.2 Å². The fourth-order valence-electron chi connectivity index (χ4n) is 2.12. The van der Waals surface area contributed by atoms with E-state index in [0.717, 1.165) is 0 Å². The summed E-state index contributed by atoms with van der Waals surface area (Å²) < 4.78 is 51.1. The third-order valence-corrected chi connectivity index (χ3v) is 3.11. The average molecular weight is 297 g/mol. The highest BCUT2D eigenvalue weighted by atomic mass is 19.1. The standard InChI is InChI=1S/C15H14F3NO2/c1-20-13-3-8(7-19)10(6-14(13)21-2)15-11(17)4-9(16)5-12(15)18/h3-6H,7,19H2,1-2H3. The number of halogens is 3. The molecule has 0 aromatic heterocycles. The van der Waals surface area contributed by atoms with Gasteiger partial charge in [0.2, 0.25) is 0 Å². The van der Waals surface area contributed by atoms with Gasteiger partial charge in [0.1, 0.15) is 17.5 Å². The topological polar surface area (TPSA) is 44.5 Å². The summed E-state index contributed by atoms with van der Waals surface area (Å²) in [7, 11) is 2.85. The minimum Gasteiger partial charge on any atom is -0.493 e. The SMILES string of the molecule is COc1cc(CN)c(-c2c(F)cc(F)cc2F)cc1OC. The van der Waals surface area contributed by atoms with Gasteiger partial charge in [-0.1, -0.05) is 0 Å². The number of benzene rings is 2. The van der Waals surface area contributed by atoms with Crippen LogP contribution >= 0.6 is 0 Å². The molecule has 0 fully saturated rings. The molecule has 112 valence electrons. The molecule has 2 N–H and O–H groups in total. The molecule has 3 nitrogen and oxygen atoms in total. The van der Waals surface area contributed by atoms with Crippen molar-refractivity contribution in [1.29, 1.82) is 0 Å². The minimum absolute atomic E-state index is 0.0337. The van der Waals surface area contributed by atoms with Crippen LogP contribution < -0.4 is 15.2 Å². The maximum atomic E-state index is 13.9. The molecule has 0 heterocycles. The highest BCUT2D eigenvalue weighted by Crippen LogP contribution is 2.37. The van der Waals surface area contributed by atoms with Gasteiger partial charge in [-0.05, 0) is 23.3 Å². The fourth-order valence-corrected chi connectivity index (χ4v) is 2.12. The molecule has 0 unspecified atom stereocenters. The molecule has 0 atom stereocenters. The van der Waals surface area contributed by atoms with E-state index in [1.165, 1.54) is 26.4 Å². The van der Waals surface area contributed by atoms with Crippen molar-refractivity contribution >= 4 is 0 Å². The van der Waals surface area contributed by atoms with Crippen LogP contribution in [0.4, 0.5) is 13.2 Å². The Kier molecular flexibility index (Phi) is 4.37. The summed E-state index contributed by atoms with van der Waals surface area (Å²) in [6.45, 7) is 0.0337. The van der Waals surface area contributed by atoms with Gasteiger partial charge in [-0.25, -0.2) is 13.2 Å². The van der Waals surface area contributed by atoms with E-state index < -0.39 is 17.5 Å². The molecule has 21 heavy (non-hydrogen) atoms. The van der Waals surface area contributed by atoms with Gasteiger partial charge in [0.15, 0.2) is 11.5 Å². The summed E-state index contributed by atoms with van der Waals surface area (Å²) >= 11 is 0. The molecule has 2 aromatic carbocycles. The van der Waals surface area contributed by atoms with E-state index in [9.17, 15) is 13.2 Å². The Morgan fingerprint density at radius 2 is 1.43 bits per heavy atom. The normalized spacial score (nSPS) is 10.6. The van der Waals surface area contributed by atoms with Crippen LogP contribution in [0.2, 0.25) is 0 Å². The van der Waals surface area contributed by atoms with Crippen LogP contribution in [0.1, 0.15) is 5.56 Å². The van der Waals surface area contributed by atoms with Crippen molar-refractivity contribution in [3.8, 4) is 22.6 Å². The zero-order chi connectivity index (χ0) is 15.6. The largest absolute Gasteiger partial charge is 0.493 e. The number of hydrogen-bond acceptors (Lipinski definition) is 3. The first-order valence-corrected chi connectivity index (χ1v) is 6.11. The third-order valence-electron chi connectivity index (χ3n) is 3.11. The Balaban J connectivity index is 2.74. The molecule has 0 bridgehead atoms. The lowest BCUT2D eigenvalue weighted by molar-refractivity contribution is 0.354. The van der Waals surface area contributed by atoms with Crippen molar-refractivity contribution in [3.63, 3.8) is 0 Å². The summed E-state index contributed by atoms with van der Waals surface area (Å²) in [6, 6.07) is 4.20. The van der Waals surface area contributed by atoms with E-state index in [4.69, 9.17) is 15.2 Å². The predicted octanol–water partition coefficient (Wildman–Crippen LogP) is 3.25. The molecular formula is C15H14F3NO2. The number of nitrogens with two attached hydrogens (primary N) is 1. The fraction of sp³-hybridized carbons (Fsp3) is 0.200. The second kappa shape index (κ2) is 6.05. The smallest absolute Gasteiger partial charge is 0.161 e. The lowest BCUT2D eigenvalue weighted by Gasteiger charge is -2.15. The number of methoxy groups -OCH3 is 2. The highest BCUT2D eigenvalue weighted by Gasteiger charge is 2.19. The maximum absolute atomic E-state index is 13.9. The summed E-state index contributed by atoms with van der Waals surface area (Å²) in [6.07, 6.45) is 0. The molecule has 0 amide bonds. The van der Waals surface area contributed by atoms with E-state index in [-0.39, 0.29) is 17.7 Å². The number of hydrogen-bond donors (Lipinski definition) is 1. The van der Waals surface area contributed by atoms with E-state index in [0.29, 0.717) is 29.2 Å². The average Bonchev–Trinajstić information content (AvgIpc) is 2.45. The van der Waals surface area contributed by atoms with Gasteiger partial charge in [-0.3, -0.25) is 0 Å². The summed E-state index contributed by atoms with van der Waals surface area (Å²) in [5.74, 6) is -2.30. The van der Waals surface area contributed by atoms with E-state index >= 15 is 0 Å². The molecule has 0 aliphatic carbocycles. The van der Waals surface area contributed by atoms with Crippen LogP contribution in [0.3, 0.4) is 0 Å². The van der Waals surface area contributed by atoms with Crippen molar-refractivity contribution in [3.05, 3.63) is 47.3 Å². The third kappa shape index (κ3) is 2.80. The van der Waals surface area contributed by atoms with Crippen LogP contribution in [0.5, 0.6) is 11.5 Å². The zero-order valence-electron chi connectivity index (χ0n) is 11.5. The van der Waals surface area contributed by atoms with E-state index in [2.05, 4.69) is 0 Å². The van der Waals surface area contributed by atoms with Gasteiger partial charge in [-0.2, -0.15) is 0 Å². The molecule has 2 rings (SSSR count). The number of rotatable bonds is 4. The van der Waals surface area contributed by atoms with Gasteiger partial charge in [0.05, 0.1) is 19.8 Å². The van der Waals surface area contributed by atoms with Gasteiger partial charge < -0.3 is 15.2 Å².